The molecule has 2 aromatic carbocycles. The average molecular weight is 396 g/mol. The summed E-state index contributed by atoms with van der Waals surface area (Å²) in [6.07, 6.45) is 0.406. The second kappa shape index (κ2) is 8.80. The third-order valence-electron chi connectivity index (χ3n) is 3.15. The first-order valence-electron chi connectivity index (χ1n) is 7.36. The Labute approximate surface area is 160 Å². The molecular weight excluding hydrogens is 381 g/mol. The van der Waals surface area contributed by atoms with E-state index in [9.17, 15) is 9.59 Å². The van der Waals surface area contributed by atoms with Crippen LogP contribution in [0.25, 0.3) is 0 Å². The summed E-state index contributed by atoms with van der Waals surface area (Å²) in [5.74, 6) is -0.505. The minimum Gasteiger partial charge on any atom is -0.332 e. The zero-order valence-electron chi connectivity index (χ0n) is 13.2. The predicted molar refractivity (Wildman–Crippen MR) is 106 cm³/mol. The van der Waals surface area contributed by atoms with Crippen LogP contribution in [0.5, 0.6) is 0 Å². The van der Waals surface area contributed by atoms with Crippen molar-refractivity contribution in [2.45, 2.75) is 13.3 Å². The van der Waals surface area contributed by atoms with Gasteiger partial charge in [-0.3, -0.25) is 14.9 Å². The van der Waals surface area contributed by atoms with Crippen molar-refractivity contribution in [3.63, 3.8) is 0 Å². The fourth-order valence-corrected chi connectivity index (χ4v) is 2.60. The highest BCUT2D eigenvalue weighted by Crippen LogP contribution is 2.21. The minimum absolute atomic E-state index is 0.0664. The molecule has 2 amide bonds. The summed E-state index contributed by atoms with van der Waals surface area (Å²) >= 11 is 16.9. The highest BCUT2D eigenvalue weighted by atomic mass is 35.5. The molecule has 0 fully saturated rings. The second-order valence-corrected chi connectivity index (χ2v) is 6.26. The van der Waals surface area contributed by atoms with E-state index < -0.39 is 5.91 Å². The summed E-state index contributed by atoms with van der Waals surface area (Å²) < 4.78 is 0. The van der Waals surface area contributed by atoms with Crippen LogP contribution in [-0.2, 0) is 4.79 Å². The zero-order valence-corrected chi connectivity index (χ0v) is 15.6. The number of hydrogen-bond donors (Lipinski definition) is 3. The van der Waals surface area contributed by atoms with E-state index in [0.717, 1.165) is 0 Å². The van der Waals surface area contributed by atoms with Crippen molar-refractivity contribution in [2.75, 3.05) is 10.6 Å². The number of hydrogen-bond acceptors (Lipinski definition) is 3. The van der Waals surface area contributed by atoms with Crippen LogP contribution in [0.3, 0.4) is 0 Å². The summed E-state index contributed by atoms with van der Waals surface area (Å²) in [5, 5.41) is 8.98. The van der Waals surface area contributed by atoms with Gasteiger partial charge in [0.15, 0.2) is 5.11 Å². The van der Waals surface area contributed by atoms with Gasteiger partial charge in [0.05, 0.1) is 10.6 Å². The number of carbonyl (C=O) groups is 2. The molecule has 130 valence electrons. The van der Waals surface area contributed by atoms with E-state index in [4.69, 9.17) is 35.4 Å². The van der Waals surface area contributed by atoms with E-state index in [0.29, 0.717) is 22.8 Å². The van der Waals surface area contributed by atoms with Gasteiger partial charge in [0.25, 0.3) is 5.91 Å². The van der Waals surface area contributed by atoms with E-state index in [2.05, 4.69) is 16.0 Å². The molecular formula is C17H15Cl2N3O2S. The van der Waals surface area contributed by atoms with Crippen LogP contribution < -0.4 is 16.0 Å². The van der Waals surface area contributed by atoms with Crippen molar-refractivity contribution in [3.05, 3.63) is 58.1 Å². The molecule has 0 aliphatic heterocycles. The van der Waals surface area contributed by atoms with Gasteiger partial charge in [-0.25, -0.2) is 0 Å². The lowest BCUT2D eigenvalue weighted by atomic mass is 10.2. The molecule has 3 N–H and O–H groups in total. The van der Waals surface area contributed by atoms with Crippen molar-refractivity contribution >= 4 is 63.7 Å². The lowest BCUT2D eigenvalue weighted by molar-refractivity contribution is -0.115. The van der Waals surface area contributed by atoms with E-state index >= 15 is 0 Å². The Kier molecular flexibility index (Phi) is 6.75. The smallest absolute Gasteiger partial charge is 0.258 e. The molecule has 0 aliphatic carbocycles. The highest BCUT2D eigenvalue weighted by Gasteiger charge is 2.12. The molecule has 0 saturated carbocycles. The van der Waals surface area contributed by atoms with Crippen LogP contribution in [0.15, 0.2) is 42.5 Å². The van der Waals surface area contributed by atoms with Crippen molar-refractivity contribution in [1.82, 2.24) is 5.32 Å². The van der Waals surface area contributed by atoms with Crippen molar-refractivity contribution in [3.8, 4) is 0 Å². The van der Waals surface area contributed by atoms with E-state index in [1.165, 1.54) is 12.1 Å². The highest BCUT2D eigenvalue weighted by molar-refractivity contribution is 7.80. The lowest BCUT2D eigenvalue weighted by Gasteiger charge is -2.11. The van der Waals surface area contributed by atoms with E-state index in [1.54, 1.807) is 37.3 Å². The van der Waals surface area contributed by atoms with Crippen LogP contribution in [0, 0.1) is 0 Å². The lowest BCUT2D eigenvalue weighted by Crippen LogP contribution is -2.34. The molecule has 0 spiro atoms. The van der Waals surface area contributed by atoms with Gasteiger partial charge >= 0.3 is 0 Å². The molecule has 8 heteroatoms. The molecule has 0 aliphatic rings. The summed E-state index contributed by atoms with van der Waals surface area (Å²) in [5.41, 5.74) is 1.62. The fourth-order valence-electron chi connectivity index (χ4n) is 1.89. The normalized spacial score (nSPS) is 10.0. The molecule has 0 heterocycles. The Balaban J connectivity index is 1.95. The number of thiocarbonyl (C=S) groups is 1. The predicted octanol–water partition coefficient (Wildman–Crippen LogP) is 4.47. The van der Waals surface area contributed by atoms with Gasteiger partial charge in [0.2, 0.25) is 5.91 Å². The third-order valence-corrected chi connectivity index (χ3v) is 3.90. The number of amides is 2. The third kappa shape index (κ3) is 5.70. The number of anilines is 2. The van der Waals surface area contributed by atoms with Gasteiger partial charge in [0, 0.05) is 22.8 Å². The summed E-state index contributed by atoms with van der Waals surface area (Å²) in [4.78, 5) is 23.5. The van der Waals surface area contributed by atoms with Crippen LogP contribution >= 0.6 is 35.4 Å². The molecule has 0 unspecified atom stereocenters. The number of rotatable bonds is 4. The Morgan fingerprint density at radius 1 is 1.00 bits per heavy atom. The number of nitrogens with one attached hydrogen (secondary N) is 3. The first-order valence-corrected chi connectivity index (χ1v) is 8.52. The Hall–Kier alpha value is -2.15. The van der Waals surface area contributed by atoms with E-state index in [1.807, 2.05) is 0 Å². The molecule has 0 bridgehead atoms. The maximum Gasteiger partial charge on any atom is 0.258 e. The van der Waals surface area contributed by atoms with E-state index in [-0.39, 0.29) is 21.6 Å². The second-order valence-electron chi connectivity index (χ2n) is 5.01. The average Bonchev–Trinajstić information content (AvgIpc) is 2.56. The monoisotopic (exact) mass is 395 g/mol. The zero-order chi connectivity index (χ0) is 18.4. The molecule has 0 saturated heterocycles. The van der Waals surface area contributed by atoms with Crippen LogP contribution in [0.2, 0.25) is 10.0 Å². The first-order chi connectivity index (χ1) is 11.9. The quantitative estimate of drug-likeness (QED) is 0.667. The van der Waals surface area contributed by atoms with Crippen molar-refractivity contribution < 1.29 is 9.59 Å². The van der Waals surface area contributed by atoms with Gasteiger partial charge in [-0.1, -0.05) is 30.1 Å². The molecule has 25 heavy (non-hydrogen) atoms. The van der Waals surface area contributed by atoms with Crippen LogP contribution in [-0.4, -0.2) is 16.9 Å². The SMILES string of the molecule is CCC(=O)Nc1ccc(NC(=S)NC(=O)c2ccc(Cl)cc2Cl)cc1. The fraction of sp³-hybridized carbons (Fsp3) is 0.118. The minimum atomic E-state index is -0.439. The van der Waals surface area contributed by atoms with Gasteiger partial charge in [-0.05, 0) is 54.7 Å². The van der Waals surface area contributed by atoms with Crippen molar-refractivity contribution in [2.24, 2.45) is 0 Å². The van der Waals surface area contributed by atoms with Gasteiger partial charge in [0.1, 0.15) is 0 Å². The summed E-state index contributed by atoms with van der Waals surface area (Å²) in [6, 6.07) is 11.5. The number of benzene rings is 2. The number of halogens is 2. The topological polar surface area (TPSA) is 70.2 Å². The summed E-state index contributed by atoms with van der Waals surface area (Å²) in [6.45, 7) is 1.78. The molecule has 0 aromatic heterocycles. The molecule has 0 radical (unpaired) electrons. The maximum absolute atomic E-state index is 12.2. The first kappa shape index (κ1) is 19.2. The molecule has 2 aromatic rings. The van der Waals surface area contributed by atoms with Crippen LogP contribution in [0.1, 0.15) is 23.7 Å². The molecule has 2 rings (SSSR count). The Bertz CT molecular complexity index is 810. The van der Waals surface area contributed by atoms with Crippen LogP contribution in [0.4, 0.5) is 11.4 Å². The molecule has 0 atom stereocenters. The standard InChI is InChI=1S/C17H15Cl2N3O2S/c1-2-15(23)20-11-4-6-12(7-5-11)21-17(25)22-16(24)13-8-3-10(18)9-14(13)19/h3-9H,2H2,1H3,(H,20,23)(H2,21,22,24,25). The molecule has 5 nitrogen and oxygen atoms in total. The summed E-state index contributed by atoms with van der Waals surface area (Å²) in [7, 11) is 0. The van der Waals surface area contributed by atoms with Crippen molar-refractivity contribution in [1.29, 1.82) is 0 Å². The van der Waals surface area contributed by atoms with Gasteiger partial charge in [-0.2, -0.15) is 0 Å². The largest absolute Gasteiger partial charge is 0.332 e. The number of carbonyl (C=O) groups excluding carboxylic acids is 2. The van der Waals surface area contributed by atoms with Gasteiger partial charge < -0.3 is 10.6 Å². The van der Waals surface area contributed by atoms with Gasteiger partial charge in [-0.15, -0.1) is 0 Å². The Morgan fingerprint density at radius 2 is 1.60 bits per heavy atom. The maximum atomic E-state index is 12.2. The Morgan fingerprint density at radius 3 is 2.16 bits per heavy atom.